The third-order valence-corrected chi connectivity index (χ3v) is 3.70. The van der Waals surface area contributed by atoms with Crippen LogP contribution in [0.2, 0.25) is 0 Å². The second-order valence-corrected chi connectivity index (χ2v) is 5.04. The molecule has 0 radical (unpaired) electrons. The van der Waals surface area contributed by atoms with Gasteiger partial charge in [0.25, 0.3) is 5.91 Å². The minimum absolute atomic E-state index is 0.0187. The molecular weight excluding hydrogens is 242 g/mol. The molecule has 19 heavy (non-hydrogen) atoms. The first-order chi connectivity index (χ1) is 9.10. The summed E-state index contributed by atoms with van der Waals surface area (Å²) in [7, 11) is 0. The van der Waals surface area contributed by atoms with Crippen LogP contribution in [-0.4, -0.2) is 33.6 Å². The number of amides is 1. The van der Waals surface area contributed by atoms with Gasteiger partial charge in [0, 0.05) is 17.7 Å². The van der Waals surface area contributed by atoms with Crippen molar-refractivity contribution in [1.29, 1.82) is 0 Å². The summed E-state index contributed by atoms with van der Waals surface area (Å²) in [5.74, 6) is -0.0523. The molecular formula is C15H15NO3. The van der Waals surface area contributed by atoms with Crippen molar-refractivity contribution in [3.8, 4) is 5.75 Å². The van der Waals surface area contributed by atoms with Gasteiger partial charge in [-0.3, -0.25) is 4.79 Å². The molecule has 2 aliphatic rings. The largest absolute Gasteiger partial charge is 0.508 e. The Morgan fingerprint density at radius 1 is 1.42 bits per heavy atom. The fourth-order valence-corrected chi connectivity index (χ4v) is 2.69. The Balaban J connectivity index is 2.11. The zero-order valence-electron chi connectivity index (χ0n) is 10.5. The topological polar surface area (TPSA) is 60.8 Å². The van der Waals surface area contributed by atoms with Crippen LogP contribution in [0.1, 0.15) is 27.9 Å². The monoisotopic (exact) mass is 257 g/mol. The van der Waals surface area contributed by atoms with Gasteiger partial charge in [-0.05, 0) is 24.1 Å². The van der Waals surface area contributed by atoms with Gasteiger partial charge in [-0.2, -0.15) is 0 Å². The number of fused-ring (bicyclic) bond motifs is 2. The highest BCUT2D eigenvalue weighted by atomic mass is 16.3. The first-order valence-corrected chi connectivity index (χ1v) is 6.22. The standard InChI is InChI=1S/C15H15NO3/c1-9-4-12-3-2-10-6-14(18)11(8-17)5-13(10)15(19)16(12)7-9/h2-3,5-6,12,17-18H,1,4,7-8H2/t12-/m1/s1. The number of aliphatic hydroxyl groups excluding tert-OH is 1. The molecule has 1 amide bonds. The summed E-state index contributed by atoms with van der Waals surface area (Å²) in [5, 5.41) is 18.9. The number of hydrogen-bond donors (Lipinski definition) is 2. The highest BCUT2D eigenvalue weighted by Crippen LogP contribution is 2.32. The van der Waals surface area contributed by atoms with E-state index in [2.05, 4.69) is 6.58 Å². The average Bonchev–Trinajstić information content (AvgIpc) is 2.71. The van der Waals surface area contributed by atoms with Crippen LogP contribution in [0.4, 0.5) is 0 Å². The zero-order chi connectivity index (χ0) is 13.6. The molecule has 98 valence electrons. The predicted molar refractivity (Wildman–Crippen MR) is 71.6 cm³/mol. The highest BCUT2D eigenvalue weighted by Gasteiger charge is 2.32. The quantitative estimate of drug-likeness (QED) is 0.752. The van der Waals surface area contributed by atoms with Gasteiger partial charge >= 0.3 is 0 Å². The zero-order valence-corrected chi connectivity index (χ0v) is 10.5. The van der Waals surface area contributed by atoms with Crippen LogP contribution in [0.15, 0.2) is 30.4 Å². The van der Waals surface area contributed by atoms with E-state index in [1.165, 1.54) is 6.07 Å². The SMILES string of the molecule is C=C1C[C@H]2C=Cc3cc(O)c(CO)cc3C(=O)N2C1. The third-order valence-electron chi connectivity index (χ3n) is 3.70. The van der Waals surface area contributed by atoms with Crippen molar-refractivity contribution in [2.75, 3.05) is 6.54 Å². The average molecular weight is 257 g/mol. The lowest BCUT2D eigenvalue weighted by Crippen LogP contribution is -2.33. The number of aromatic hydroxyl groups is 1. The van der Waals surface area contributed by atoms with Crippen LogP contribution in [0.3, 0.4) is 0 Å². The Morgan fingerprint density at radius 3 is 2.95 bits per heavy atom. The van der Waals surface area contributed by atoms with Crippen molar-refractivity contribution < 1.29 is 15.0 Å². The summed E-state index contributed by atoms with van der Waals surface area (Å²) >= 11 is 0. The lowest BCUT2D eigenvalue weighted by Gasteiger charge is -2.20. The molecule has 0 saturated carbocycles. The third kappa shape index (κ3) is 1.85. The fourth-order valence-electron chi connectivity index (χ4n) is 2.69. The van der Waals surface area contributed by atoms with Gasteiger partial charge in [-0.15, -0.1) is 0 Å². The number of phenols is 1. The van der Waals surface area contributed by atoms with Crippen molar-refractivity contribution in [3.05, 3.63) is 47.1 Å². The summed E-state index contributed by atoms with van der Waals surface area (Å²) in [4.78, 5) is 14.3. The molecule has 0 unspecified atom stereocenters. The maximum atomic E-state index is 12.5. The number of aliphatic hydroxyl groups is 1. The van der Waals surface area contributed by atoms with Crippen molar-refractivity contribution in [3.63, 3.8) is 0 Å². The Labute approximate surface area is 111 Å². The number of rotatable bonds is 1. The van der Waals surface area contributed by atoms with E-state index in [0.29, 0.717) is 23.2 Å². The van der Waals surface area contributed by atoms with Gasteiger partial charge in [0.2, 0.25) is 0 Å². The molecule has 2 aliphatic heterocycles. The van der Waals surface area contributed by atoms with Crippen LogP contribution in [0.25, 0.3) is 6.08 Å². The smallest absolute Gasteiger partial charge is 0.255 e. The summed E-state index contributed by atoms with van der Waals surface area (Å²) in [6, 6.07) is 3.15. The first kappa shape index (κ1) is 12.0. The molecule has 2 heterocycles. The summed E-state index contributed by atoms with van der Waals surface area (Å²) in [6.45, 7) is 4.23. The predicted octanol–water partition coefficient (Wildman–Crippen LogP) is 1.68. The fraction of sp³-hybridized carbons (Fsp3) is 0.267. The van der Waals surface area contributed by atoms with E-state index in [4.69, 9.17) is 0 Å². The molecule has 1 saturated heterocycles. The molecule has 0 bridgehead atoms. The van der Waals surface area contributed by atoms with Crippen molar-refractivity contribution in [1.82, 2.24) is 4.90 Å². The Bertz CT molecular complexity index is 604. The Hall–Kier alpha value is -2.07. The molecule has 1 aromatic carbocycles. The Kier molecular flexibility index (Phi) is 2.68. The van der Waals surface area contributed by atoms with Crippen LogP contribution in [-0.2, 0) is 6.61 Å². The number of hydrogen-bond acceptors (Lipinski definition) is 3. The van der Waals surface area contributed by atoms with Crippen LogP contribution < -0.4 is 0 Å². The molecule has 0 spiro atoms. The van der Waals surface area contributed by atoms with Crippen molar-refractivity contribution in [2.24, 2.45) is 0 Å². The van der Waals surface area contributed by atoms with E-state index in [-0.39, 0.29) is 24.3 Å². The van der Waals surface area contributed by atoms with Crippen LogP contribution in [0, 0.1) is 0 Å². The molecule has 4 heteroatoms. The van der Waals surface area contributed by atoms with Gasteiger partial charge in [0.1, 0.15) is 5.75 Å². The molecule has 1 fully saturated rings. The summed E-state index contributed by atoms with van der Waals surface area (Å²) < 4.78 is 0. The normalized spacial score (nSPS) is 21.3. The van der Waals surface area contributed by atoms with Crippen molar-refractivity contribution >= 4 is 12.0 Å². The van der Waals surface area contributed by atoms with Gasteiger partial charge in [0.15, 0.2) is 0 Å². The maximum Gasteiger partial charge on any atom is 0.255 e. The number of carbonyl (C=O) groups excluding carboxylic acids is 1. The Morgan fingerprint density at radius 2 is 2.21 bits per heavy atom. The van der Waals surface area contributed by atoms with E-state index >= 15 is 0 Å². The molecule has 0 aliphatic carbocycles. The van der Waals surface area contributed by atoms with E-state index < -0.39 is 0 Å². The van der Waals surface area contributed by atoms with Gasteiger partial charge in [-0.1, -0.05) is 24.3 Å². The highest BCUT2D eigenvalue weighted by molar-refractivity contribution is 6.00. The van der Waals surface area contributed by atoms with E-state index in [1.807, 2.05) is 12.2 Å². The molecule has 1 aromatic rings. The lowest BCUT2D eigenvalue weighted by atomic mass is 10.0. The van der Waals surface area contributed by atoms with Crippen molar-refractivity contribution in [2.45, 2.75) is 19.1 Å². The van der Waals surface area contributed by atoms with E-state index in [0.717, 1.165) is 12.0 Å². The van der Waals surface area contributed by atoms with E-state index in [1.54, 1.807) is 11.0 Å². The molecule has 4 nitrogen and oxygen atoms in total. The minimum atomic E-state index is -0.285. The van der Waals surface area contributed by atoms with E-state index in [9.17, 15) is 15.0 Å². The second-order valence-electron chi connectivity index (χ2n) is 5.04. The molecule has 1 atom stereocenters. The first-order valence-electron chi connectivity index (χ1n) is 6.22. The maximum absolute atomic E-state index is 12.5. The molecule has 3 rings (SSSR count). The van der Waals surface area contributed by atoms with Crippen LogP contribution >= 0.6 is 0 Å². The summed E-state index contributed by atoms with van der Waals surface area (Å²) in [5.41, 5.74) is 2.64. The van der Waals surface area contributed by atoms with Gasteiger partial charge in [0.05, 0.1) is 12.6 Å². The number of carbonyl (C=O) groups is 1. The minimum Gasteiger partial charge on any atom is -0.508 e. The molecule has 0 aromatic heterocycles. The summed E-state index contributed by atoms with van der Waals surface area (Å²) in [6.07, 6.45) is 4.62. The molecule has 2 N–H and O–H groups in total. The second kappa shape index (κ2) is 4.24. The number of benzene rings is 1. The number of nitrogens with zero attached hydrogens (tertiary/aromatic N) is 1. The van der Waals surface area contributed by atoms with Gasteiger partial charge in [-0.25, -0.2) is 0 Å². The van der Waals surface area contributed by atoms with Gasteiger partial charge < -0.3 is 15.1 Å². The van der Waals surface area contributed by atoms with Crippen LogP contribution in [0.5, 0.6) is 5.75 Å². The lowest BCUT2D eigenvalue weighted by molar-refractivity contribution is 0.0766.